The number of esters is 3. The molecule has 0 bridgehead atoms. The van der Waals surface area contributed by atoms with Crippen molar-refractivity contribution in [3.05, 3.63) is 41.3 Å². The van der Waals surface area contributed by atoms with Crippen LogP contribution in [-0.2, 0) is 43.4 Å². The van der Waals surface area contributed by atoms with E-state index in [4.69, 9.17) is 18.9 Å². The van der Waals surface area contributed by atoms with Crippen LogP contribution in [0.1, 0.15) is 58.4 Å². The summed E-state index contributed by atoms with van der Waals surface area (Å²) < 4.78 is 51.4. The number of thioether (sulfide) groups is 1. The molecular formula is C26H35NO9S2. The Hall–Kier alpha value is -2.41. The fraction of sp³-hybridized carbons (Fsp3) is 0.577. The van der Waals surface area contributed by atoms with Crippen LogP contribution in [0, 0.1) is 0 Å². The summed E-state index contributed by atoms with van der Waals surface area (Å²) in [4.78, 5) is 35.7. The Morgan fingerprint density at radius 2 is 1.61 bits per heavy atom. The Morgan fingerprint density at radius 3 is 2.21 bits per heavy atom. The van der Waals surface area contributed by atoms with Crippen molar-refractivity contribution < 1.29 is 41.7 Å². The van der Waals surface area contributed by atoms with Gasteiger partial charge in [-0.25, -0.2) is 13.1 Å². The van der Waals surface area contributed by atoms with Gasteiger partial charge in [0.05, 0.1) is 6.04 Å². The lowest BCUT2D eigenvalue weighted by molar-refractivity contribution is -0.210. The molecule has 38 heavy (non-hydrogen) atoms. The number of rotatable bonds is 10. The Bertz CT molecular complexity index is 1090. The van der Waals surface area contributed by atoms with E-state index in [2.05, 4.69) is 4.72 Å². The molecule has 3 rings (SSSR count). The molecule has 5 atom stereocenters. The van der Waals surface area contributed by atoms with Crippen LogP contribution in [-0.4, -0.2) is 68.0 Å². The molecule has 1 aromatic rings. The molecule has 2 aliphatic rings. The van der Waals surface area contributed by atoms with Gasteiger partial charge in [-0.3, -0.25) is 14.4 Å². The highest BCUT2D eigenvalue weighted by Crippen LogP contribution is 2.38. The third-order valence-corrected chi connectivity index (χ3v) is 8.74. The predicted octanol–water partition coefficient (Wildman–Crippen LogP) is 3.16. The van der Waals surface area contributed by atoms with E-state index in [9.17, 15) is 22.8 Å². The molecule has 0 amide bonds. The summed E-state index contributed by atoms with van der Waals surface area (Å²) in [6, 6.07) is 7.83. The van der Waals surface area contributed by atoms with Crippen molar-refractivity contribution in [2.45, 2.75) is 87.9 Å². The SMILES string of the molecule is CC(=O)OC[C@H]1O[C@H](SC2CCCCC2)[C@H](NS(=O)(=O)/C=C/c2ccccc2)[C@@H](OC(C)=O)[C@@H]1OC(C)=O. The number of hydrogen-bond donors (Lipinski definition) is 1. The molecule has 1 heterocycles. The summed E-state index contributed by atoms with van der Waals surface area (Å²) in [6.45, 7) is 3.33. The molecule has 1 aliphatic carbocycles. The maximum absolute atomic E-state index is 13.2. The molecule has 210 valence electrons. The fourth-order valence-corrected chi connectivity index (χ4v) is 7.22. The fourth-order valence-electron chi connectivity index (χ4n) is 4.50. The second-order valence-electron chi connectivity index (χ2n) is 9.29. The maximum Gasteiger partial charge on any atom is 0.303 e. The molecule has 0 unspecified atom stereocenters. The van der Waals surface area contributed by atoms with Crippen LogP contribution in [0.4, 0.5) is 0 Å². The predicted molar refractivity (Wildman–Crippen MR) is 142 cm³/mol. The molecule has 1 saturated heterocycles. The Kier molecular flexibility index (Phi) is 11.2. The zero-order valence-electron chi connectivity index (χ0n) is 21.7. The normalized spacial score (nSPS) is 26.6. The van der Waals surface area contributed by atoms with Crippen LogP contribution in [0.15, 0.2) is 35.7 Å². The molecule has 0 radical (unpaired) electrons. The second kappa shape index (κ2) is 14.1. The van der Waals surface area contributed by atoms with E-state index in [1.165, 1.54) is 38.6 Å². The average molecular weight is 570 g/mol. The van der Waals surface area contributed by atoms with Gasteiger partial charge in [-0.2, -0.15) is 0 Å². The quantitative estimate of drug-likeness (QED) is 0.331. The molecule has 0 aromatic heterocycles. The van der Waals surface area contributed by atoms with Crippen molar-refractivity contribution in [2.24, 2.45) is 0 Å². The van der Waals surface area contributed by atoms with Gasteiger partial charge in [0.25, 0.3) is 0 Å². The largest absolute Gasteiger partial charge is 0.463 e. The van der Waals surface area contributed by atoms with Gasteiger partial charge >= 0.3 is 17.9 Å². The van der Waals surface area contributed by atoms with E-state index in [-0.39, 0.29) is 11.9 Å². The number of carbonyl (C=O) groups excluding carboxylic acids is 3. The smallest absolute Gasteiger partial charge is 0.303 e. The first-order chi connectivity index (χ1) is 18.0. The Labute approximate surface area is 227 Å². The molecule has 1 aromatic carbocycles. The molecule has 1 N–H and O–H groups in total. The van der Waals surface area contributed by atoms with Gasteiger partial charge in [-0.05, 0) is 24.5 Å². The van der Waals surface area contributed by atoms with Crippen molar-refractivity contribution in [1.82, 2.24) is 4.72 Å². The third-order valence-electron chi connectivity index (χ3n) is 6.12. The molecule has 1 aliphatic heterocycles. The van der Waals surface area contributed by atoms with Gasteiger partial charge in [-0.15, -0.1) is 11.8 Å². The number of carbonyl (C=O) groups is 3. The molecule has 10 nitrogen and oxygen atoms in total. The van der Waals surface area contributed by atoms with Crippen molar-refractivity contribution in [2.75, 3.05) is 6.61 Å². The summed E-state index contributed by atoms with van der Waals surface area (Å²) >= 11 is 1.45. The zero-order valence-corrected chi connectivity index (χ0v) is 23.4. The topological polar surface area (TPSA) is 134 Å². The molecule has 12 heteroatoms. The number of hydrogen-bond acceptors (Lipinski definition) is 10. The van der Waals surface area contributed by atoms with E-state index in [1.54, 1.807) is 24.3 Å². The van der Waals surface area contributed by atoms with Crippen molar-refractivity contribution in [3.63, 3.8) is 0 Å². The number of sulfonamides is 1. The summed E-state index contributed by atoms with van der Waals surface area (Å²) in [7, 11) is -4.06. The van der Waals surface area contributed by atoms with Crippen LogP contribution in [0.5, 0.6) is 0 Å². The van der Waals surface area contributed by atoms with E-state index < -0.39 is 57.7 Å². The maximum atomic E-state index is 13.2. The summed E-state index contributed by atoms with van der Waals surface area (Å²) in [6.07, 6.45) is 3.09. The van der Waals surface area contributed by atoms with E-state index >= 15 is 0 Å². The number of benzene rings is 1. The third kappa shape index (κ3) is 9.40. The average Bonchev–Trinajstić information content (AvgIpc) is 2.86. The lowest BCUT2D eigenvalue weighted by Gasteiger charge is -2.45. The number of nitrogens with one attached hydrogen (secondary N) is 1. The number of ether oxygens (including phenoxy) is 4. The standard InChI is InChI=1S/C26H35NO9S2/c1-17(28)33-16-22-24(34-18(2)29)25(35-19(3)30)23(26(36-22)37-21-12-8-5-9-13-21)27-38(31,32)15-14-20-10-6-4-7-11-20/h4,6-7,10-11,14-15,21-27H,5,8-9,12-13,16H2,1-3H3/b15-14+/t22-,23-,24-,25-,26-/m1/s1. The van der Waals surface area contributed by atoms with E-state index in [0.29, 0.717) is 5.56 Å². The molecule has 0 spiro atoms. The van der Waals surface area contributed by atoms with E-state index in [0.717, 1.165) is 37.5 Å². The minimum Gasteiger partial charge on any atom is -0.463 e. The van der Waals surface area contributed by atoms with Crippen molar-refractivity contribution >= 4 is 45.8 Å². The van der Waals surface area contributed by atoms with Gasteiger partial charge in [-0.1, -0.05) is 49.6 Å². The Morgan fingerprint density at radius 1 is 0.974 bits per heavy atom. The second-order valence-corrected chi connectivity index (χ2v) is 12.3. The van der Waals surface area contributed by atoms with Gasteiger partial charge in [0.1, 0.15) is 18.1 Å². The van der Waals surface area contributed by atoms with Crippen LogP contribution in [0.25, 0.3) is 6.08 Å². The van der Waals surface area contributed by atoms with Gasteiger partial charge in [0, 0.05) is 31.4 Å². The lowest BCUT2D eigenvalue weighted by atomic mass is 9.98. The first-order valence-electron chi connectivity index (χ1n) is 12.6. The van der Waals surface area contributed by atoms with Gasteiger partial charge in [0.15, 0.2) is 12.2 Å². The van der Waals surface area contributed by atoms with Gasteiger partial charge in [0.2, 0.25) is 10.0 Å². The monoisotopic (exact) mass is 569 g/mol. The minimum absolute atomic E-state index is 0.193. The summed E-state index contributed by atoms with van der Waals surface area (Å²) in [5.74, 6) is -1.94. The van der Waals surface area contributed by atoms with Crippen molar-refractivity contribution in [3.8, 4) is 0 Å². The summed E-state index contributed by atoms with van der Waals surface area (Å²) in [5.41, 5.74) is -0.128. The highest BCUT2D eigenvalue weighted by atomic mass is 32.2. The van der Waals surface area contributed by atoms with E-state index in [1.807, 2.05) is 6.07 Å². The molecule has 2 fully saturated rings. The first kappa shape index (κ1) is 30.1. The summed E-state index contributed by atoms with van der Waals surface area (Å²) in [5, 5.41) is 1.22. The van der Waals surface area contributed by atoms with Gasteiger partial charge < -0.3 is 18.9 Å². The molecule has 1 saturated carbocycles. The Balaban J connectivity index is 1.96. The highest BCUT2D eigenvalue weighted by molar-refractivity contribution is 8.00. The van der Waals surface area contributed by atoms with Crippen molar-refractivity contribution in [1.29, 1.82) is 0 Å². The lowest BCUT2D eigenvalue weighted by Crippen LogP contribution is -2.65. The van der Waals surface area contributed by atoms with Crippen LogP contribution >= 0.6 is 11.8 Å². The van der Waals surface area contributed by atoms with Crippen LogP contribution < -0.4 is 4.72 Å². The zero-order chi connectivity index (χ0) is 27.7. The highest BCUT2D eigenvalue weighted by Gasteiger charge is 2.52. The van der Waals surface area contributed by atoms with Crippen LogP contribution in [0.3, 0.4) is 0 Å². The molecular weight excluding hydrogens is 534 g/mol. The van der Waals surface area contributed by atoms with Crippen LogP contribution in [0.2, 0.25) is 0 Å². The first-order valence-corrected chi connectivity index (χ1v) is 15.1. The minimum atomic E-state index is -4.06.